The monoisotopic (exact) mass is 288 g/mol. The lowest BCUT2D eigenvalue weighted by Crippen LogP contribution is -2.10. The van der Waals surface area contributed by atoms with Crippen LogP contribution in [0.2, 0.25) is 0 Å². The summed E-state index contributed by atoms with van der Waals surface area (Å²) in [5.74, 6) is -1.90. The highest BCUT2D eigenvalue weighted by Crippen LogP contribution is 2.29. The Morgan fingerprint density at radius 3 is 2.62 bits per heavy atom. The quantitative estimate of drug-likeness (QED) is 0.866. The molecule has 0 aromatic heterocycles. The highest BCUT2D eigenvalue weighted by Gasteiger charge is 2.21. The second-order valence-electron chi connectivity index (χ2n) is 3.36. The normalized spacial score (nSPS) is 12.2. The molecule has 0 saturated carbocycles. The van der Waals surface area contributed by atoms with Crippen LogP contribution >= 0.6 is 15.9 Å². The van der Waals surface area contributed by atoms with Crippen LogP contribution in [0.5, 0.6) is 0 Å². The fourth-order valence-electron chi connectivity index (χ4n) is 1.39. The third kappa shape index (κ3) is 2.88. The van der Waals surface area contributed by atoms with E-state index in [2.05, 4.69) is 15.9 Å². The van der Waals surface area contributed by atoms with Crippen LogP contribution in [0.4, 0.5) is 4.39 Å². The summed E-state index contributed by atoms with van der Waals surface area (Å²) in [5.41, 5.74) is 0.418. The van der Waals surface area contributed by atoms with E-state index in [0.717, 1.165) is 0 Å². The number of carboxylic acid groups (broad SMARTS) is 1. The lowest BCUT2D eigenvalue weighted by Gasteiger charge is -2.12. The molecular weight excluding hydrogens is 279 g/mol. The number of hydrogen-bond acceptors (Lipinski definition) is 2. The number of ketones is 1. The van der Waals surface area contributed by atoms with Crippen molar-refractivity contribution in [2.75, 3.05) is 0 Å². The molecule has 0 heterocycles. The number of aliphatic carboxylic acids is 1. The summed E-state index contributed by atoms with van der Waals surface area (Å²) in [6.07, 6.45) is -0.303. The molecule has 0 fully saturated rings. The molecule has 1 rings (SSSR count). The Hall–Kier alpha value is -1.23. The molecule has 86 valence electrons. The second kappa shape index (κ2) is 5.21. The summed E-state index contributed by atoms with van der Waals surface area (Å²) in [4.78, 5) is 21.0. The van der Waals surface area contributed by atoms with Gasteiger partial charge in [0.2, 0.25) is 0 Å². The Morgan fingerprint density at radius 2 is 2.12 bits per heavy atom. The van der Waals surface area contributed by atoms with Crippen LogP contribution < -0.4 is 0 Å². The molecule has 0 aliphatic rings. The maximum Gasteiger partial charge on any atom is 0.307 e. The van der Waals surface area contributed by atoms with Crippen molar-refractivity contribution >= 4 is 27.7 Å². The van der Waals surface area contributed by atoms with Crippen LogP contribution in [-0.2, 0) is 16.0 Å². The molecule has 1 unspecified atom stereocenters. The van der Waals surface area contributed by atoms with Crippen LogP contribution in [0, 0.1) is 5.82 Å². The van der Waals surface area contributed by atoms with E-state index in [0.29, 0.717) is 5.56 Å². The zero-order valence-electron chi connectivity index (χ0n) is 8.54. The van der Waals surface area contributed by atoms with E-state index in [1.54, 1.807) is 0 Å². The van der Waals surface area contributed by atoms with Crippen LogP contribution in [0.25, 0.3) is 0 Å². The van der Waals surface area contributed by atoms with Gasteiger partial charge in [-0.05, 0) is 18.6 Å². The van der Waals surface area contributed by atoms with Gasteiger partial charge in [-0.3, -0.25) is 9.59 Å². The molecule has 0 amide bonds. The maximum atomic E-state index is 13.5. The summed E-state index contributed by atoms with van der Waals surface area (Å²) in [6, 6.07) is 4.14. The van der Waals surface area contributed by atoms with Crippen LogP contribution in [0.1, 0.15) is 22.9 Å². The maximum absolute atomic E-state index is 13.5. The van der Waals surface area contributed by atoms with Crippen molar-refractivity contribution in [1.82, 2.24) is 0 Å². The van der Waals surface area contributed by atoms with E-state index in [-0.39, 0.29) is 17.8 Å². The zero-order chi connectivity index (χ0) is 12.3. The van der Waals surface area contributed by atoms with E-state index >= 15 is 0 Å². The van der Waals surface area contributed by atoms with Crippen molar-refractivity contribution in [3.63, 3.8) is 0 Å². The molecule has 0 spiro atoms. The molecule has 3 nitrogen and oxygen atoms in total. The highest BCUT2D eigenvalue weighted by molar-refractivity contribution is 9.09. The van der Waals surface area contributed by atoms with Gasteiger partial charge in [-0.2, -0.15) is 0 Å². The van der Waals surface area contributed by atoms with Crippen molar-refractivity contribution < 1.29 is 19.1 Å². The Morgan fingerprint density at radius 1 is 1.50 bits per heavy atom. The molecule has 0 radical (unpaired) electrons. The number of benzene rings is 1. The van der Waals surface area contributed by atoms with Gasteiger partial charge < -0.3 is 5.11 Å². The van der Waals surface area contributed by atoms with Gasteiger partial charge in [0, 0.05) is 5.56 Å². The third-order valence-corrected chi connectivity index (χ3v) is 3.20. The lowest BCUT2D eigenvalue weighted by molar-refractivity contribution is -0.136. The minimum atomic E-state index is -1.06. The molecule has 0 bridgehead atoms. The van der Waals surface area contributed by atoms with Crippen molar-refractivity contribution in [3.8, 4) is 0 Å². The molecule has 5 heteroatoms. The van der Waals surface area contributed by atoms with E-state index < -0.39 is 16.6 Å². The highest BCUT2D eigenvalue weighted by atomic mass is 79.9. The second-order valence-corrected chi connectivity index (χ2v) is 4.27. The largest absolute Gasteiger partial charge is 0.481 e. The van der Waals surface area contributed by atoms with Gasteiger partial charge >= 0.3 is 5.97 Å². The predicted molar refractivity (Wildman–Crippen MR) is 60.1 cm³/mol. The third-order valence-electron chi connectivity index (χ3n) is 2.10. The first kappa shape index (κ1) is 12.8. The lowest BCUT2D eigenvalue weighted by atomic mass is 9.99. The molecular formula is C11H10BrFO3. The fourth-order valence-corrected chi connectivity index (χ4v) is 1.90. The van der Waals surface area contributed by atoms with Gasteiger partial charge in [-0.25, -0.2) is 4.39 Å². The summed E-state index contributed by atoms with van der Waals surface area (Å²) in [7, 11) is 0. The number of carbonyl (C=O) groups excluding carboxylic acids is 1. The van der Waals surface area contributed by atoms with Gasteiger partial charge in [-0.1, -0.05) is 28.1 Å². The molecule has 1 aromatic carbocycles. The van der Waals surface area contributed by atoms with Crippen molar-refractivity contribution in [2.45, 2.75) is 18.2 Å². The smallest absolute Gasteiger partial charge is 0.307 e. The zero-order valence-corrected chi connectivity index (χ0v) is 10.1. The first-order chi connectivity index (χ1) is 7.43. The molecule has 0 saturated heterocycles. The topological polar surface area (TPSA) is 54.4 Å². The van der Waals surface area contributed by atoms with Gasteiger partial charge in [0.1, 0.15) is 16.4 Å². The molecule has 1 aromatic rings. The fraction of sp³-hybridized carbons (Fsp3) is 0.273. The number of carboxylic acids is 1. The van der Waals surface area contributed by atoms with Crippen LogP contribution in [0.3, 0.4) is 0 Å². The number of alkyl halides is 1. The average molecular weight is 289 g/mol. The molecule has 0 aliphatic heterocycles. The Labute approximate surface area is 100 Å². The van der Waals surface area contributed by atoms with E-state index in [9.17, 15) is 14.0 Å². The number of rotatable bonds is 4. The van der Waals surface area contributed by atoms with Crippen LogP contribution in [0.15, 0.2) is 18.2 Å². The summed E-state index contributed by atoms with van der Waals surface area (Å²) in [5, 5.41) is 8.68. The minimum Gasteiger partial charge on any atom is -0.481 e. The Balaban J connectivity index is 3.22. The van der Waals surface area contributed by atoms with Gasteiger partial charge in [-0.15, -0.1) is 0 Å². The van der Waals surface area contributed by atoms with E-state index in [1.165, 1.54) is 25.1 Å². The molecule has 16 heavy (non-hydrogen) atoms. The molecule has 1 atom stereocenters. The minimum absolute atomic E-state index is 0.109. The predicted octanol–water partition coefficient (Wildman–Crippen LogP) is 2.48. The number of carbonyl (C=O) groups is 2. The summed E-state index contributed by atoms with van der Waals surface area (Å²) < 4.78 is 13.5. The Bertz CT molecular complexity index is 431. The van der Waals surface area contributed by atoms with Gasteiger partial charge in [0.15, 0.2) is 0 Å². The standard InChI is InChI=1S/C11H10BrFO3/c1-6(14)11(12)10-7(5-9(15)16)3-2-4-8(10)13/h2-4,11H,5H2,1H3,(H,15,16). The summed E-state index contributed by atoms with van der Waals surface area (Å²) >= 11 is 3.06. The van der Waals surface area contributed by atoms with Gasteiger partial charge in [0.25, 0.3) is 0 Å². The average Bonchev–Trinajstić information content (AvgIpc) is 2.16. The SMILES string of the molecule is CC(=O)C(Br)c1c(F)cccc1CC(=O)O. The number of halogens is 2. The van der Waals surface area contributed by atoms with Crippen molar-refractivity contribution in [3.05, 3.63) is 35.1 Å². The Kier molecular flexibility index (Phi) is 4.18. The van der Waals surface area contributed by atoms with Crippen LogP contribution in [-0.4, -0.2) is 16.9 Å². The number of hydrogen-bond donors (Lipinski definition) is 1. The van der Waals surface area contributed by atoms with Gasteiger partial charge in [0.05, 0.1) is 6.42 Å². The van der Waals surface area contributed by atoms with E-state index in [4.69, 9.17) is 5.11 Å². The summed E-state index contributed by atoms with van der Waals surface area (Å²) in [6.45, 7) is 1.32. The molecule has 0 aliphatic carbocycles. The van der Waals surface area contributed by atoms with E-state index in [1.807, 2.05) is 0 Å². The number of Topliss-reactive ketones (excluding diaryl/α,β-unsaturated/α-hetero) is 1. The van der Waals surface area contributed by atoms with Crippen molar-refractivity contribution in [1.29, 1.82) is 0 Å². The van der Waals surface area contributed by atoms with Crippen molar-refractivity contribution in [2.24, 2.45) is 0 Å². The first-order valence-electron chi connectivity index (χ1n) is 4.57. The first-order valence-corrected chi connectivity index (χ1v) is 5.48. The molecule has 1 N–H and O–H groups in total.